The number of carbonyl (C=O) groups is 8. The lowest BCUT2D eigenvalue weighted by atomic mass is 9.96. The van der Waals surface area contributed by atoms with E-state index >= 15 is 0 Å². The minimum absolute atomic E-state index is 0.00230. The van der Waals surface area contributed by atoms with Gasteiger partial charge in [0.15, 0.2) is 0 Å². The van der Waals surface area contributed by atoms with Gasteiger partial charge in [0.1, 0.15) is 30.2 Å². The van der Waals surface area contributed by atoms with E-state index in [1.165, 1.54) is 4.90 Å². The second kappa shape index (κ2) is 21.3. The Balaban J connectivity index is 1.37. The van der Waals surface area contributed by atoms with Crippen LogP contribution in [0.4, 0.5) is 0 Å². The number of fused-ring (bicyclic) bond motifs is 2. The fourth-order valence-corrected chi connectivity index (χ4v) is 8.80. The summed E-state index contributed by atoms with van der Waals surface area (Å²) in [7, 11) is 0. The van der Waals surface area contributed by atoms with Gasteiger partial charge in [0.25, 0.3) is 0 Å². The third-order valence-electron chi connectivity index (χ3n) is 12.7. The zero-order chi connectivity index (χ0) is 46.1. The minimum Gasteiger partial charge on any atom is -0.370 e. The molecule has 8 atom stereocenters. The van der Waals surface area contributed by atoms with E-state index in [1.54, 1.807) is 17.8 Å². The number of aromatic nitrogens is 4. The highest BCUT2D eigenvalue weighted by atomic mass is 16.2. The number of benzene rings is 1. The molecule has 12 N–H and O–H groups in total. The van der Waals surface area contributed by atoms with Crippen molar-refractivity contribution in [2.45, 2.75) is 139 Å². The van der Waals surface area contributed by atoms with Crippen LogP contribution in [-0.4, -0.2) is 121 Å². The molecule has 6 rings (SSSR count). The lowest BCUT2D eigenvalue weighted by molar-refractivity contribution is -0.143. The van der Waals surface area contributed by atoms with E-state index in [-0.39, 0.29) is 38.3 Å². The van der Waals surface area contributed by atoms with Crippen LogP contribution >= 0.6 is 0 Å². The molecule has 0 spiro atoms. The number of nitrogens with one attached hydrogen (secondary N) is 6. The molecule has 2 saturated heterocycles. The molecule has 2 aliphatic heterocycles. The van der Waals surface area contributed by atoms with Gasteiger partial charge in [-0.3, -0.25) is 38.4 Å². The number of carbonyl (C=O) groups excluding carboxylic acids is 8. The van der Waals surface area contributed by atoms with Gasteiger partial charge in [-0.1, -0.05) is 56.5 Å². The van der Waals surface area contributed by atoms with E-state index in [2.05, 4.69) is 41.9 Å². The van der Waals surface area contributed by atoms with Crippen LogP contribution in [0.5, 0.6) is 0 Å². The molecule has 1 saturated carbocycles. The van der Waals surface area contributed by atoms with Crippen LogP contribution in [0.25, 0.3) is 10.9 Å². The molecule has 1 aromatic carbocycles. The van der Waals surface area contributed by atoms with E-state index in [0.29, 0.717) is 24.8 Å². The quantitative estimate of drug-likeness (QED) is 0.128. The Morgan fingerprint density at radius 1 is 0.875 bits per heavy atom. The maximum Gasteiger partial charge on any atom is 0.246 e. The van der Waals surface area contributed by atoms with Crippen LogP contribution in [0.15, 0.2) is 36.7 Å². The number of nitrogens with zero attached hydrogens (tertiary/aromatic N) is 4. The van der Waals surface area contributed by atoms with E-state index < -0.39 is 108 Å². The number of nitrogens with two attached hydrogens (primary N) is 3. The SMILES string of the molecule is CCC(C)[C@@H]1NC(=O)[C@H](CC(N)=O)NC(=O)[C@@H](N)CC(=O)NCCCC[C@@H](C(N)=O)NC(=O)[C@H](Cc2c[nH]c3ccccc23)NC(=O)[C@@H]2C[C@H](n3cc(C4CCCC4)nn3)CN2C1=O. The smallest absolute Gasteiger partial charge is 0.246 e. The largest absolute Gasteiger partial charge is 0.370 e. The second-order valence-corrected chi connectivity index (χ2v) is 17.3. The summed E-state index contributed by atoms with van der Waals surface area (Å²) in [5.74, 6) is -6.40. The molecular formula is C43H61N13O8. The number of H-pyrrole nitrogens is 1. The summed E-state index contributed by atoms with van der Waals surface area (Å²) in [4.78, 5) is 113. The molecule has 3 fully saturated rings. The average Bonchev–Trinajstić information content (AvgIpc) is 4.10. The van der Waals surface area contributed by atoms with Crippen molar-refractivity contribution in [1.29, 1.82) is 0 Å². The molecule has 0 bridgehead atoms. The van der Waals surface area contributed by atoms with Crippen molar-refractivity contribution in [1.82, 2.24) is 51.5 Å². The molecule has 21 heteroatoms. The van der Waals surface area contributed by atoms with Gasteiger partial charge in [0.2, 0.25) is 47.3 Å². The maximum absolute atomic E-state index is 14.9. The summed E-state index contributed by atoms with van der Waals surface area (Å²) in [6.45, 7) is 3.66. The Labute approximate surface area is 370 Å². The van der Waals surface area contributed by atoms with Gasteiger partial charge in [-0.2, -0.15) is 0 Å². The topological polar surface area (TPSA) is 325 Å². The summed E-state index contributed by atoms with van der Waals surface area (Å²) in [6, 6.07) is -0.899. The molecular weight excluding hydrogens is 827 g/mol. The van der Waals surface area contributed by atoms with Crippen LogP contribution < -0.4 is 43.8 Å². The molecule has 4 heterocycles. The van der Waals surface area contributed by atoms with Crippen LogP contribution in [0.2, 0.25) is 0 Å². The first-order valence-corrected chi connectivity index (χ1v) is 22.2. The van der Waals surface area contributed by atoms with Crippen molar-refractivity contribution in [2.75, 3.05) is 13.1 Å². The van der Waals surface area contributed by atoms with Gasteiger partial charge in [0.05, 0.1) is 30.6 Å². The zero-order valence-electron chi connectivity index (χ0n) is 36.3. The maximum atomic E-state index is 14.9. The number of rotatable bonds is 9. The van der Waals surface area contributed by atoms with Crippen molar-refractivity contribution in [3.05, 3.63) is 47.9 Å². The third kappa shape index (κ3) is 11.6. The Morgan fingerprint density at radius 3 is 2.30 bits per heavy atom. The van der Waals surface area contributed by atoms with E-state index in [1.807, 2.05) is 37.4 Å². The Morgan fingerprint density at radius 2 is 1.58 bits per heavy atom. The average molecular weight is 888 g/mol. The second-order valence-electron chi connectivity index (χ2n) is 17.3. The minimum atomic E-state index is -1.56. The summed E-state index contributed by atoms with van der Waals surface area (Å²) in [6.07, 6.45) is 7.86. The van der Waals surface area contributed by atoms with Crippen molar-refractivity contribution in [3.63, 3.8) is 0 Å². The molecule has 2 aromatic heterocycles. The van der Waals surface area contributed by atoms with E-state index in [0.717, 1.165) is 42.3 Å². The fourth-order valence-electron chi connectivity index (χ4n) is 8.80. The van der Waals surface area contributed by atoms with Crippen molar-refractivity contribution in [2.24, 2.45) is 23.1 Å². The summed E-state index contributed by atoms with van der Waals surface area (Å²) in [5.41, 5.74) is 19.6. The molecule has 1 aliphatic carbocycles. The number of hydrogen-bond acceptors (Lipinski definition) is 11. The lowest BCUT2D eigenvalue weighted by Gasteiger charge is -2.33. The highest BCUT2D eigenvalue weighted by molar-refractivity contribution is 5.99. The zero-order valence-corrected chi connectivity index (χ0v) is 36.3. The fraction of sp³-hybridized carbons (Fsp3) is 0.581. The van der Waals surface area contributed by atoms with Crippen LogP contribution in [-0.2, 0) is 44.8 Å². The third-order valence-corrected chi connectivity index (χ3v) is 12.7. The number of aromatic amines is 1. The van der Waals surface area contributed by atoms with Crippen molar-refractivity contribution in [3.8, 4) is 0 Å². The molecule has 3 aliphatic rings. The van der Waals surface area contributed by atoms with Crippen LogP contribution in [0.1, 0.15) is 108 Å². The van der Waals surface area contributed by atoms with E-state index in [4.69, 9.17) is 17.2 Å². The van der Waals surface area contributed by atoms with Crippen molar-refractivity contribution < 1.29 is 38.4 Å². The van der Waals surface area contributed by atoms with Gasteiger partial charge in [-0.25, -0.2) is 4.68 Å². The van der Waals surface area contributed by atoms with Crippen LogP contribution in [0.3, 0.4) is 0 Å². The summed E-state index contributed by atoms with van der Waals surface area (Å²) in [5, 5.41) is 23.1. The first kappa shape index (κ1) is 47.1. The molecule has 8 amide bonds. The summed E-state index contributed by atoms with van der Waals surface area (Å²) < 4.78 is 1.66. The molecule has 0 radical (unpaired) electrons. The molecule has 21 nitrogen and oxygen atoms in total. The summed E-state index contributed by atoms with van der Waals surface area (Å²) >= 11 is 0. The van der Waals surface area contributed by atoms with Gasteiger partial charge >= 0.3 is 0 Å². The molecule has 3 aromatic rings. The molecule has 1 unspecified atom stereocenters. The number of amides is 8. The predicted octanol–water partition coefficient (Wildman–Crippen LogP) is -0.835. The Kier molecular flexibility index (Phi) is 15.7. The predicted molar refractivity (Wildman–Crippen MR) is 232 cm³/mol. The number of para-hydroxylation sites is 1. The molecule has 64 heavy (non-hydrogen) atoms. The van der Waals surface area contributed by atoms with Crippen LogP contribution in [0, 0.1) is 5.92 Å². The lowest BCUT2D eigenvalue weighted by Crippen LogP contribution is -2.60. The van der Waals surface area contributed by atoms with Gasteiger partial charge in [-0.15, -0.1) is 5.10 Å². The first-order valence-electron chi connectivity index (χ1n) is 22.2. The van der Waals surface area contributed by atoms with Gasteiger partial charge < -0.3 is 53.7 Å². The molecule has 346 valence electrons. The van der Waals surface area contributed by atoms with E-state index in [9.17, 15) is 38.4 Å². The highest BCUT2D eigenvalue weighted by Gasteiger charge is 2.45. The standard InChI is InChI=1S/C43H61N13O8/c1-3-23(2)37-43(64)55-21-26(56-22-33(53-54-56)24-10-4-5-11-24)17-34(55)42(63)51-31(16-25-20-48-29-13-7-6-12-27(25)29)40(61)49-30(38(46)59)14-8-9-15-47-36(58)18-28(44)39(60)50-32(19-35(45)57)41(62)52-37/h6-7,12-13,20,22-24,26,28,30-32,34,37,48H,3-5,8-11,14-19,21,44H2,1-2H3,(H2,45,57)(H2,46,59)(H,47,58)(H,49,61)(H,50,60)(H,51,63)(H,52,62)/t23?,26-,28-,30-,31-,32-,34-,37-/m0/s1. The Hall–Kier alpha value is -6.38. The number of primary amides is 2. The van der Waals surface area contributed by atoms with Gasteiger partial charge in [0, 0.05) is 55.1 Å². The number of hydrogen-bond donors (Lipinski definition) is 9. The van der Waals surface area contributed by atoms with Crippen molar-refractivity contribution >= 4 is 58.2 Å². The normalized spacial score (nSPS) is 26.9. The Bertz CT molecular complexity index is 2200. The highest BCUT2D eigenvalue weighted by Crippen LogP contribution is 2.35. The monoisotopic (exact) mass is 887 g/mol. The van der Waals surface area contributed by atoms with Gasteiger partial charge in [-0.05, 0) is 49.7 Å². The first-order chi connectivity index (χ1) is 30.6.